The molecule has 2 aliphatic heterocycles. The van der Waals surface area contributed by atoms with Crippen LogP contribution in [0.1, 0.15) is 53.4 Å². The lowest BCUT2D eigenvalue weighted by Gasteiger charge is -2.30. The smallest absolute Gasteiger partial charge is 0.410 e. The second-order valence-corrected chi connectivity index (χ2v) is 8.89. The highest BCUT2D eigenvalue weighted by Gasteiger charge is 2.32. The molecule has 0 aromatic heterocycles. The quantitative estimate of drug-likeness (QED) is 0.838. The van der Waals surface area contributed by atoms with Crippen LogP contribution in [0.2, 0.25) is 0 Å². The Morgan fingerprint density at radius 3 is 2.82 bits per heavy atom. The van der Waals surface area contributed by atoms with Crippen LogP contribution in [-0.4, -0.2) is 53.3 Å². The first kappa shape index (κ1) is 17.9. The highest BCUT2D eigenvalue weighted by atomic mass is 32.2. The molecule has 4 nitrogen and oxygen atoms in total. The van der Waals surface area contributed by atoms with Crippen LogP contribution >= 0.6 is 11.8 Å². The van der Waals surface area contributed by atoms with Gasteiger partial charge in [-0.3, -0.25) is 0 Å². The maximum absolute atomic E-state index is 12.3. The maximum Gasteiger partial charge on any atom is 0.410 e. The minimum absolute atomic E-state index is 0.144. The summed E-state index contributed by atoms with van der Waals surface area (Å²) in [5.41, 5.74) is -0.409. The molecule has 0 aliphatic carbocycles. The summed E-state index contributed by atoms with van der Waals surface area (Å²) in [6.07, 6.45) is 4.42. The molecule has 2 rings (SSSR count). The summed E-state index contributed by atoms with van der Waals surface area (Å²) < 4.78 is 5.54. The molecule has 2 heterocycles. The van der Waals surface area contributed by atoms with Crippen molar-refractivity contribution in [1.82, 2.24) is 10.2 Å². The van der Waals surface area contributed by atoms with E-state index in [1.807, 2.05) is 25.7 Å². The Morgan fingerprint density at radius 2 is 2.18 bits per heavy atom. The van der Waals surface area contributed by atoms with Gasteiger partial charge >= 0.3 is 6.09 Å². The van der Waals surface area contributed by atoms with E-state index in [0.29, 0.717) is 12.1 Å². The van der Waals surface area contributed by atoms with Gasteiger partial charge in [0, 0.05) is 18.6 Å². The average molecular weight is 329 g/mol. The lowest BCUT2D eigenvalue weighted by molar-refractivity contribution is 0.0214. The number of thioether (sulfide) groups is 1. The molecular formula is C17H32N2O2S. The van der Waals surface area contributed by atoms with E-state index in [1.54, 1.807) is 0 Å². The number of nitrogens with zero attached hydrogens (tertiary/aromatic N) is 1. The van der Waals surface area contributed by atoms with E-state index in [-0.39, 0.29) is 6.09 Å². The van der Waals surface area contributed by atoms with Gasteiger partial charge in [0.15, 0.2) is 0 Å². The Hall–Kier alpha value is -0.420. The van der Waals surface area contributed by atoms with Gasteiger partial charge in [-0.25, -0.2) is 4.79 Å². The standard InChI is InChI=1S/C17H32N2O2S/c1-13(18-11-14-7-9-22-12-14)10-15-6-5-8-19(15)16(20)21-17(2,3)4/h13-15,18H,5-12H2,1-4H3. The van der Waals surface area contributed by atoms with E-state index in [0.717, 1.165) is 38.3 Å². The van der Waals surface area contributed by atoms with Gasteiger partial charge < -0.3 is 15.0 Å². The number of nitrogens with one attached hydrogen (secondary N) is 1. The molecule has 2 aliphatic rings. The molecular weight excluding hydrogens is 296 g/mol. The lowest BCUT2D eigenvalue weighted by Crippen LogP contribution is -2.43. The highest BCUT2D eigenvalue weighted by molar-refractivity contribution is 7.99. The normalized spacial score (nSPS) is 27.2. The van der Waals surface area contributed by atoms with Crippen molar-refractivity contribution in [3.63, 3.8) is 0 Å². The Kier molecular flexibility index (Phi) is 6.45. The Bertz CT molecular complexity index is 364. The molecule has 3 atom stereocenters. The first-order valence-electron chi connectivity index (χ1n) is 8.66. The van der Waals surface area contributed by atoms with E-state index < -0.39 is 5.60 Å². The first-order chi connectivity index (χ1) is 10.3. The van der Waals surface area contributed by atoms with Gasteiger partial charge in [-0.2, -0.15) is 11.8 Å². The van der Waals surface area contributed by atoms with Crippen molar-refractivity contribution in [3.8, 4) is 0 Å². The highest BCUT2D eigenvalue weighted by Crippen LogP contribution is 2.25. The predicted molar refractivity (Wildman–Crippen MR) is 93.5 cm³/mol. The van der Waals surface area contributed by atoms with Gasteiger partial charge in [0.1, 0.15) is 5.60 Å². The number of carbonyl (C=O) groups is 1. The molecule has 0 bridgehead atoms. The molecule has 22 heavy (non-hydrogen) atoms. The van der Waals surface area contributed by atoms with Gasteiger partial charge in [-0.15, -0.1) is 0 Å². The van der Waals surface area contributed by atoms with E-state index in [4.69, 9.17) is 4.74 Å². The monoisotopic (exact) mass is 328 g/mol. The lowest BCUT2D eigenvalue weighted by atomic mass is 10.0. The summed E-state index contributed by atoms with van der Waals surface area (Å²) >= 11 is 2.07. The summed E-state index contributed by atoms with van der Waals surface area (Å²) in [6.45, 7) is 9.99. The Morgan fingerprint density at radius 1 is 1.41 bits per heavy atom. The van der Waals surface area contributed by atoms with E-state index >= 15 is 0 Å². The van der Waals surface area contributed by atoms with Gasteiger partial charge in [-0.1, -0.05) is 0 Å². The molecule has 0 aromatic carbocycles. The van der Waals surface area contributed by atoms with Crippen LogP contribution < -0.4 is 5.32 Å². The molecule has 0 radical (unpaired) electrons. The fraction of sp³-hybridized carbons (Fsp3) is 0.941. The van der Waals surface area contributed by atoms with Gasteiger partial charge in [0.25, 0.3) is 0 Å². The fourth-order valence-electron chi connectivity index (χ4n) is 3.25. The topological polar surface area (TPSA) is 41.6 Å². The molecule has 2 saturated heterocycles. The van der Waals surface area contributed by atoms with Crippen LogP contribution in [0.15, 0.2) is 0 Å². The Balaban J connectivity index is 1.76. The molecule has 128 valence electrons. The van der Waals surface area contributed by atoms with Crippen molar-refractivity contribution in [2.75, 3.05) is 24.6 Å². The van der Waals surface area contributed by atoms with Crippen LogP contribution in [-0.2, 0) is 4.74 Å². The van der Waals surface area contributed by atoms with Crippen molar-refractivity contribution in [1.29, 1.82) is 0 Å². The number of amides is 1. The molecule has 1 N–H and O–H groups in total. The van der Waals surface area contributed by atoms with Crippen molar-refractivity contribution in [3.05, 3.63) is 0 Å². The van der Waals surface area contributed by atoms with E-state index in [1.165, 1.54) is 17.9 Å². The van der Waals surface area contributed by atoms with Crippen LogP contribution in [0.4, 0.5) is 4.79 Å². The SMILES string of the molecule is CC(CC1CCCN1C(=O)OC(C)(C)C)NCC1CCSC1. The second kappa shape index (κ2) is 7.91. The zero-order valence-electron chi connectivity index (χ0n) is 14.6. The van der Waals surface area contributed by atoms with E-state index in [9.17, 15) is 4.79 Å². The third-order valence-corrected chi connectivity index (χ3v) is 5.64. The van der Waals surface area contributed by atoms with Crippen LogP contribution in [0.25, 0.3) is 0 Å². The molecule has 0 aromatic rings. The molecule has 3 unspecified atom stereocenters. The minimum atomic E-state index is -0.409. The summed E-state index contributed by atoms with van der Waals surface area (Å²) in [5.74, 6) is 3.45. The van der Waals surface area contributed by atoms with Gasteiger partial charge in [0.05, 0.1) is 0 Å². The van der Waals surface area contributed by atoms with Crippen LogP contribution in [0.5, 0.6) is 0 Å². The Labute approximate surface area is 139 Å². The number of hydrogen-bond acceptors (Lipinski definition) is 4. The zero-order valence-corrected chi connectivity index (χ0v) is 15.4. The molecule has 5 heteroatoms. The summed E-state index contributed by atoms with van der Waals surface area (Å²) in [5, 5.41) is 3.67. The van der Waals surface area contributed by atoms with Crippen molar-refractivity contribution in [2.24, 2.45) is 5.92 Å². The zero-order chi connectivity index (χ0) is 16.2. The summed E-state index contributed by atoms with van der Waals surface area (Å²) in [6, 6.07) is 0.786. The number of likely N-dealkylation sites (tertiary alicyclic amines) is 1. The van der Waals surface area contributed by atoms with Crippen LogP contribution in [0, 0.1) is 5.92 Å². The summed E-state index contributed by atoms with van der Waals surface area (Å²) in [7, 11) is 0. The summed E-state index contributed by atoms with van der Waals surface area (Å²) in [4.78, 5) is 14.2. The molecule has 0 spiro atoms. The van der Waals surface area contributed by atoms with E-state index in [2.05, 4.69) is 24.0 Å². The maximum atomic E-state index is 12.3. The van der Waals surface area contributed by atoms with Crippen molar-refractivity contribution in [2.45, 2.75) is 71.1 Å². The largest absolute Gasteiger partial charge is 0.444 e. The fourth-order valence-corrected chi connectivity index (χ4v) is 4.53. The minimum Gasteiger partial charge on any atom is -0.444 e. The molecule has 1 amide bonds. The first-order valence-corrected chi connectivity index (χ1v) is 9.81. The second-order valence-electron chi connectivity index (χ2n) is 7.74. The van der Waals surface area contributed by atoms with Crippen molar-refractivity contribution < 1.29 is 9.53 Å². The third kappa shape index (κ3) is 5.65. The third-order valence-electron chi connectivity index (χ3n) is 4.41. The van der Waals surface area contributed by atoms with Gasteiger partial charge in [-0.05, 0) is 77.3 Å². The number of rotatable bonds is 5. The average Bonchev–Trinajstić information content (AvgIpc) is 3.05. The van der Waals surface area contributed by atoms with Crippen LogP contribution in [0.3, 0.4) is 0 Å². The van der Waals surface area contributed by atoms with Crippen molar-refractivity contribution >= 4 is 17.9 Å². The number of ether oxygens (including phenoxy) is 1. The molecule has 2 fully saturated rings. The number of hydrogen-bond donors (Lipinski definition) is 1. The molecule has 0 saturated carbocycles. The van der Waals surface area contributed by atoms with Gasteiger partial charge in [0.2, 0.25) is 0 Å². The number of carbonyl (C=O) groups excluding carboxylic acids is 1. The predicted octanol–water partition coefficient (Wildman–Crippen LogP) is 3.51.